The second-order valence-electron chi connectivity index (χ2n) is 6.45. The van der Waals surface area contributed by atoms with Crippen LogP contribution in [0.2, 0.25) is 0 Å². The molecule has 1 aromatic rings. The maximum atomic E-state index is 12.3. The quantitative estimate of drug-likeness (QED) is 0.792. The monoisotopic (exact) mass is 315 g/mol. The van der Waals surface area contributed by atoms with Crippen LogP contribution in [0.25, 0.3) is 0 Å². The van der Waals surface area contributed by atoms with Gasteiger partial charge in [-0.3, -0.25) is 14.5 Å². The number of hydrogen-bond acceptors (Lipinski definition) is 4. The van der Waals surface area contributed by atoms with Crippen LogP contribution in [-0.2, 0) is 4.79 Å². The van der Waals surface area contributed by atoms with Gasteiger partial charge >= 0.3 is 0 Å². The summed E-state index contributed by atoms with van der Waals surface area (Å²) in [7, 11) is 0. The van der Waals surface area contributed by atoms with Gasteiger partial charge in [0.25, 0.3) is 0 Å². The van der Waals surface area contributed by atoms with E-state index in [1.165, 1.54) is 12.8 Å². The van der Waals surface area contributed by atoms with Gasteiger partial charge in [0.2, 0.25) is 5.91 Å². The lowest BCUT2D eigenvalue weighted by Gasteiger charge is -2.36. The molecule has 124 valence electrons. The summed E-state index contributed by atoms with van der Waals surface area (Å²) < 4.78 is 0. The van der Waals surface area contributed by atoms with Gasteiger partial charge in [-0.1, -0.05) is 0 Å². The van der Waals surface area contributed by atoms with Crippen molar-refractivity contribution in [2.45, 2.75) is 19.8 Å². The molecule has 0 bridgehead atoms. The van der Waals surface area contributed by atoms with Crippen LogP contribution in [0.5, 0.6) is 0 Å². The first-order valence-corrected chi connectivity index (χ1v) is 8.49. The van der Waals surface area contributed by atoms with Gasteiger partial charge in [0.15, 0.2) is 5.78 Å². The number of piperazine rings is 1. The lowest BCUT2D eigenvalue weighted by molar-refractivity contribution is -0.132. The average Bonchev–Trinajstić information content (AvgIpc) is 3.08. The first-order valence-electron chi connectivity index (χ1n) is 8.49. The van der Waals surface area contributed by atoms with Crippen LogP contribution in [0, 0.1) is 0 Å². The molecule has 0 radical (unpaired) electrons. The fourth-order valence-corrected chi connectivity index (χ4v) is 3.35. The number of carbonyl (C=O) groups excluding carboxylic acids is 2. The van der Waals surface area contributed by atoms with Crippen LogP contribution in [0.3, 0.4) is 0 Å². The van der Waals surface area contributed by atoms with Crippen LogP contribution >= 0.6 is 0 Å². The van der Waals surface area contributed by atoms with E-state index < -0.39 is 0 Å². The molecule has 0 atom stereocenters. The zero-order chi connectivity index (χ0) is 16.2. The van der Waals surface area contributed by atoms with Crippen LogP contribution in [0.15, 0.2) is 24.3 Å². The molecule has 2 fully saturated rings. The van der Waals surface area contributed by atoms with Crippen LogP contribution < -0.4 is 4.90 Å². The molecular formula is C18H25N3O2. The van der Waals surface area contributed by atoms with Crippen LogP contribution in [0.1, 0.15) is 30.1 Å². The minimum Gasteiger partial charge on any atom is -0.368 e. The van der Waals surface area contributed by atoms with E-state index in [2.05, 4.69) is 9.80 Å². The Labute approximate surface area is 137 Å². The van der Waals surface area contributed by atoms with Crippen molar-refractivity contribution in [2.75, 3.05) is 50.7 Å². The number of nitrogens with zero attached hydrogens (tertiary/aromatic N) is 3. The summed E-state index contributed by atoms with van der Waals surface area (Å²) in [4.78, 5) is 30.2. The number of rotatable bonds is 4. The van der Waals surface area contributed by atoms with Crippen molar-refractivity contribution in [3.63, 3.8) is 0 Å². The molecule has 2 saturated heterocycles. The minimum atomic E-state index is 0.0916. The zero-order valence-electron chi connectivity index (χ0n) is 13.8. The van der Waals surface area contributed by atoms with Crippen LogP contribution in [0.4, 0.5) is 5.69 Å². The maximum absolute atomic E-state index is 12.3. The Balaban J connectivity index is 1.51. The fourth-order valence-electron chi connectivity index (χ4n) is 3.35. The number of carbonyl (C=O) groups is 2. The molecule has 5 nitrogen and oxygen atoms in total. The van der Waals surface area contributed by atoms with Crippen molar-refractivity contribution < 1.29 is 9.59 Å². The highest BCUT2D eigenvalue weighted by atomic mass is 16.2. The number of amides is 1. The molecule has 5 heteroatoms. The average molecular weight is 315 g/mol. The van der Waals surface area contributed by atoms with Gasteiger partial charge in [0, 0.05) is 37.4 Å². The SMILES string of the molecule is CC(=O)c1ccc(N2CCN(C(=O)CN3CCCC3)CC2)cc1. The number of anilines is 1. The smallest absolute Gasteiger partial charge is 0.236 e. The highest BCUT2D eigenvalue weighted by molar-refractivity contribution is 5.94. The Kier molecular flexibility index (Phi) is 4.96. The summed E-state index contributed by atoms with van der Waals surface area (Å²) in [5.74, 6) is 0.354. The van der Waals surface area contributed by atoms with E-state index in [0.29, 0.717) is 6.54 Å². The van der Waals surface area contributed by atoms with Gasteiger partial charge in [-0.05, 0) is 57.1 Å². The van der Waals surface area contributed by atoms with E-state index >= 15 is 0 Å². The van der Waals surface area contributed by atoms with Gasteiger partial charge in [-0.2, -0.15) is 0 Å². The van der Waals surface area contributed by atoms with Crippen molar-refractivity contribution in [3.8, 4) is 0 Å². The van der Waals surface area contributed by atoms with Crippen molar-refractivity contribution in [1.82, 2.24) is 9.80 Å². The fraction of sp³-hybridized carbons (Fsp3) is 0.556. The van der Waals surface area contributed by atoms with E-state index in [9.17, 15) is 9.59 Å². The first kappa shape index (κ1) is 16.0. The number of ketones is 1. The Morgan fingerprint density at radius 3 is 2.09 bits per heavy atom. The van der Waals surface area contributed by atoms with Gasteiger partial charge in [-0.15, -0.1) is 0 Å². The Hall–Kier alpha value is -1.88. The maximum Gasteiger partial charge on any atom is 0.236 e. The molecule has 0 aromatic heterocycles. The van der Waals surface area contributed by atoms with Crippen molar-refractivity contribution >= 4 is 17.4 Å². The molecule has 1 amide bonds. The van der Waals surface area contributed by atoms with E-state index in [1.54, 1.807) is 6.92 Å². The summed E-state index contributed by atoms with van der Waals surface area (Å²) in [6.45, 7) is 7.55. The third-order valence-corrected chi connectivity index (χ3v) is 4.83. The first-order chi connectivity index (χ1) is 11.1. The second-order valence-corrected chi connectivity index (χ2v) is 6.45. The predicted molar refractivity (Wildman–Crippen MR) is 90.9 cm³/mol. The molecule has 2 heterocycles. The molecule has 0 N–H and O–H groups in total. The molecule has 1 aromatic carbocycles. The lowest BCUT2D eigenvalue weighted by Crippen LogP contribution is -2.51. The zero-order valence-corrected chi connectivity index (χ0v) is 13.8. The van der Waals surface area contributed by atoms with Crippen molar-refractivity contribution in [1.29, 1.82) is 0 Å². The Bertz CT molecular complexity index is 556. The molecule has 0 spiro atoms. The van der Waals surface area contributed by atoms with E-state index in [0.717, 1.165) is 50.5 Å². The summed E-state index contributed by atoms with van der Waals surface area (Å²) >= 11 is 0. The number of benzene rings is 1. The highest BCUT2D eigenvalue weighted by Crippen LogP contribution is 2.18. The summed E-state index contributed by atoms with van der Waals surface area (Å²) in [5, 5.41) is 0. The second kappa shape index (κ2) is 7.13. The molecule has 23 heavy (non-hydrogen) atoms. The third kappa shape index (κ3) is 3.91. The van der Waals surface area contributed by atoms with Crippen molar-refractivity contribution in [2.24, 2.45) is 0 Å². The summed E-state index contributed by atoms with van der Waals surface area (Å²) in [5.41, 5.74) is 1.87. The largest absolute Gasteiger partial charge is 0.368 e. The summed E-state index contributed by atoms with van der Waals surface area (Å²) in [6.07, 6.45) is 2.44. The third-order valence-electron chi connectivity index (χ3n) is 4.83. The van der Waals surface area contributed by atoms with Crippen molar-refractivity contribution in [3.05, 3.63) is 29.8 Å². The Morgan fingerprint density at radius 2 is 1.52 bits per heavy atom. The number of Topliss-reactive ketones (excluding diaryl/α,β-unsaturated/α-hetero) is 1. The van der Waals surface area contributed by atoms with Crippen LogP contribution in [-0.4, -0.2) is 67.3 Å². The Morgan fingerprint density at radius 1 is 0.913 bits per heavy atom. The van der Waals surface area contributed by atoms with Gasteiger partial charge in [-0.25, -0.2) is 0 Å². The van der Waals surface area contributed by atoms with E-state index in [-0.39, 0.29) is 11.7 Å². The molecule has 2 aliphatic rings. The number of hydrogen-bond donors (Lipinski definition) is 0. The lowest BCUT2D eigenvalue weighted by atomic mass is 10.1. The highest BCUT2D eigenvalue weighted by Gasteiger charge is 2.23. The van der Waals surface area contributed by atoms with E-state index in [1.807, 2.05) is 29.2 Å². The molecule has 2 aliphatic heterocycles. The predicted octanol–water partition coefficient (Wildman–Crippen LogP) is 1.63. The van der Waals surface area contributed by atoms with Gasteiger partial charge < -0.3 is 9.80 Å². The summed E-state index contributed by atoms with van der Waals surface area (Å²) in [6, 6.07) is 7.75. The normalized spacial score (nSPS) is 19.2. The molecule has 0 unspecified atom stereocenters. The van der Waals surface area contributed by atoms with Gasteiger partial charge in [0.1, 0.15) is 0 Å². The molecule has 3 rings (SSSR count). The standard InChI is InChI=1S/C18H25N3O2/c1-15(22)16-4-6-17(7-5-16)20-10-12-21(13-11-20)18(23)14-19-8-2-3-9-19/h4-7H,2-3,8-14H2,1H3. The van der Waals surface area contributed by atoms with Gasteiger partial charge in [0.05, 0.1) is 6.54 Å². The molecular weight excluding hydrogens is 290 g/mol. The van der Waals surface area contributed by atoms with E-state index in [4.69, 9.17) is 0 Å². The number of likely N-dealkylation sites (tertiary alicyclic amines) is 1. The topological polar surface area (TPSA) is 43.9 Å². The molecule has 0 saturated carbocycles. The minimum absolute atomic E-state index is 0.0916. The molecule has 0 aliphatic carbocycles.